The average Bonchev–Trinajstić information content (AvgIpc) is 2.38. The van der Waals surface area contributed by atoms with Crippen molar-refractivity contribution < 1.29 is 8.42 Å². The zero-order valence-electron chi connectivity index (χ0n) is 13.7. The van der Waals surface area contributed by atoms with Crippen molar-refractivity contribution >= 4 is 51.6 Å². The molecule has 0 heterocycles. The lowest BCUT2D eigenvalue weighted by atomic mass is 10.1. The molecule has 0 aliphatic heterocycles. The molecule has 0 bridgehead atoms. The van der Waals surface area contributed by atoms with E-state index in [1.807, 2.05) is 24.3 Å². The van der Waals surface area contributed by atoms with E-state index in [1.165, 1.54) is 0 Å². The lowest BCUT2D eigenvalue weighted by molar-refractivity contribution is 0.446. The summed E-state index contributed by atoms with van der Waals surface area (Å²) in [5.41, 5.74) is 0.330. The number of hydrogen-bond donors (Lipinski definition) is 3. The van der Waals surface area contributed by atoms with Crippen LogP contribution in [-0.4, -0.2) is 39.8 Å². The van der Waals surface area contributed by atoms with Crippen LogP contribution in [-0.2, 0) is 16.6 Å². The highest BCUT2D eigenvalue weighted by Gasteiger charge is 2.22. The van der Waals surface area contributed by atoms with Crippen molar-refractivity contribution in [2.75, 3.05) is 19.8 Å². The van der Waals surface area contributed by atoms with E-state index in [2.05, 4.69) is 20.3 Å². The van der Waals surface area contributed by atoms with Crippen LogP contribution in [0.2, 0.25) is 5.02 Å². The molecule has 0 aliphatic rings. The molecule has 0 unspecified atom stereocenters. The van der Waals surface area contributed by atoms with Gasteiger partial charge in [-0.1, -0.05) is 29.8 Å². The summed E-state index contributed by atoms with van der Waals surface area (Å²) < 4.78 is 25.2. The van der Waals surface area contributed by atoms with Gasteiger partial charge in [-0.05, 0) is 25.5 Å². The third-order valence-electron chi connectivity index (χ3n) is 2.79. The summed E-state index contributed by atoms with van der Waals surface area (Å²) in [4.78, 5) is 4.11. The molecule has 1 aromatic rings. The van der Waals surface area contributed by atoms with Crippen molar-refractivity contribution in [2.45, 2.75) is 25.9 Å². The molecule has 6 nitrogen and oxygen atoms in total. The number of aliphatic imine (C=N–C) groups is 1. The number of guanidine groups is 1. The lowest BCUT2D eigenvalue weighted by Gasteiger charge is -2.26. The van der Waals surface area contributed by atoms with Gasteiger partial charge in [0.25, 0.3) is 0 Å². The highest BCUT2D eigenvalue weighted by atomic mass is 127. The molecule has 3 N–H and O–H groups in total. The van der Waals surface area contributed by atoms with E-state index in [1.54, 1.807) is 20.9 Å². The van der Waals surface area contributed by atoms with E-state index in [9.17, 15) is 8.42 Å². The van der Waals surface area contributed by atoms with Crippen LogP contribution in [0, 0.1) is 0 Å². The third-order valence-corrected chi connectivity index (χ3v) is 4.08. The van der Waals surface area contributed by atoms with E-state index >= 15 is 0 Å². The summed E-state index contributed by atoms with van der Waals surface area (Å²) in [5.74, 6) is 0.572. The molecular weight excluding hydrogens is 451 g/mol. The van der Waals surface area contributed by atoms with Gasteiger partial charge in [0.1, 0.15) is 0 Å². The second-order valence-corrected chi connectivity index (χ2v) is 7.78. The van der Waals surface area contributed by atoms with E-state index in [0.29, 0.717) is 24.1 Å². The van der Waals surface area contributed by atoms with Crippen molar-refractivity contribution in [3.05, 3.63) is 34.9 Å². The Balaban J connectivity index is 0.00000484. The van der Waals surface area contributed by atoms with Gasteiger partial charge < -0.3 is 10.6 Å². The van der Waals surface area contributed by atoms with E-state index in [-0.39, 0.29) is 24.0 Å². The van der Waals surface area contributed by atoms with E-state index < -0.39 is 15.6 Å². The van der Waals surface area contributed by atoms with Gasteiger partial charge in [-0.2, -0.15) is 0 Å². The molecule has 0 amide bonds. The number of nitrogens with one attached hydrogen (secondary N) is 3. The fraction of sp³-hybridized carbons (Fsp3) is 0.500. The maximum Gasteiger partial charge on any atom is 0.209 e. The molecule has 9 heteroatoms. The normalized spacial score (nSPS) is 12.5. The van der Waals surface area contributed by atoms with Gasteiger partial charge in [-0.25, -0.2) is 13.1 Å². The van der Waals surface area contributed by atoms with Gasteiger partial charge in [0, 0.05) is 30.7 Å². The Bertz CT molecular complexity index is 635. The molecule has 1 rings (SSSR count). The van der Waals surface area contributed by atoms with Crippen molar-refractivity contribution in [3.8, 4) is 0 Å². The summed E-state index contributed by atoms with van der Waals surface area (Å²) >= 11 is 6.10. The third kappa shape index (κ3) is 9.33. The average molecular weight is 475 g/mol. The first kappa shape index (κ1) is 22.4. The highest BCUT2D eigenvalue weighted by Crippen LogP contribution is 2.14. The Labute approximate surface area is 160 Å². The van der Waals surface area contributed by atoms with Gasteiger partial charge in [0.15, 0.2) is 5.96 Å². The Morgan fingerprint density at radius 1 is 1.26 bits per heavy atom. The number of rotatable bonds is 6. The Morgan fingerprint density at radius 3 is 2.39 bits per heavy atom. The molecule has 0 atom stereocenters. The van der Waals surface area contributed by atoms with Crippen LogP contribution in [0.4, 0.5) is 0 Å². The second kappa shape index (κ2) is 9.65. The lowest BCUT2D eigenvalue weighted by Crippen LogP contribution is -2.52. The molecule has 0 spiro atoms. The molecule has 0 saturated carbocycles. The van der Waals surface area contributed by atoms with Gasteiger partial charge in [0.2, 0.25) is 10.0 Å². The quantitative estimate of drug-likeness (QED) is 0.334. The molecule has 0 saturated heterocycles. The number of benzene rings is 1. The fourth-order valence-corrected chi connectivity index (χ4v) is 3.16. The largest absolute Gasteiger partial charge is 0.355 e. The molecule has 0 aliphatic carbocycles. The zero-order valence-corrected chi connectivity index (χ0v) is 17.6. The topological polar surface area (TPSA) is 82.6 Å². The first-order valence-corrected chi connectivity index (χ1v) is 9.07. The molecule has 0 radical (unpaired) electrons. The monoisotopic (exact) mass is 474 g/mol. The number of halogens is 2. The second-order valence-electron chi connectivity index (χ2n) is 5.63. The van der Waals surface area contributed by atoms with Crippen LogP contribution >= 0.6 is 35.6 Å². The first-order chi connectivity index (χ1) is 10.1. The summed E-state index contributed by atoms with van der Waals surface area (Å²) in [5, 5.41) is 6.91. The molecule has 0 aromatic heterocycles. The molecule has 1 aromatic carbocycles. The zero-order chi connectivity index (χ0) is 16.8. The van der Waals surface area contributed by atoms with Crippen molar-refractivity contribution in [1.29, 1.82) is 0 Å². The molecule has 23 heavy (non-hydrogen) atoms. The molecule has 0 fully saturated rings. The van der Waals surface area contributed by atoms with Gasteiger partial charge in [-0.3, -0.25) is 4.99 Å². The first-order valence-electron chi connectivity index (χ1n) is 6.80. The van der Waals surface area contributed by atoms with Crippen LogP contribution in [0.5, 0.6) is 0 Å². The predicted molar refractivity (Wildman–Crippen MR) is 107 cm³/mol. The van der Waals surface area contributed by atoms with Crippen LogP contribution in [0.15, 0.2) is 29.3 Å². The van der Waals surface area contributed by atoms with Crippen molar-refractivity contribution in [2.24, 2.45) is 4.99 Å². The van der Waals surface area contributed by atoms with Crippen LogP contribution < -0.4 is 15.4 Å². The standard InChI is InChI=1S/C14H23ClN4O2S.HI/c1-14(2,19-22(4,20)21)10-18-13(16-3)17-9-11-7-5-6-8-12(11)15;/h5-8,19H,9-10H2,1-4H3,(H2,16,17,18);1H. The molecular formula is C14H24ClIN4O2S. The summed E-state index contributed by atoms with van der Waals surface area (Å²) in [6.45, 7) is 4.51. The maximum atomic E-state index is 11.3. The maximum absolute atomic E-state index is 11.3. The predicted octanol–water partition coefficient (Wildman–Crippen LogP) is 1.95. The van der Waals surface area contributed by atoms with Gasteiger partial charge in [0.05, 0.1) is 6.26 Å². The smallest absolute Gasteiger partial charge is 0.209 e. The minimum atomic E-state index is -3.27. The van der Waals surface area contributed by atoms with Crippen LogP contribution in [0.1, 0.15) is 19.4 Å². The Kier molecular flexibility index (Phi) is 9.41. The fourth-order valence-electron chi connectivity index (χ4n) is 1.88. The van der Waals surface area contributed by atoms with Crippen LogP contribution in [0.25, 0.3) is 0 Å². The number of nitrogens with zero attached hydrogens (tertiary/aromatic N) is 1. The summed E-state index contributed by atoms with van der Waals surface area (Å²) in [6, 6.07) is 7.54. The minimum absolute atomic E-state index is 0. The Morgan fingerprint density at radius 2 is 1.87 bits per heavy atom. The SMILES string of the molecule is CN=C(NCc1ccccc1Cl)NCC(C)(C)NS(C)(=O)=O.I. The summed E-state index contributed by atoms with van der Waals surface area (Å²) in [6.07, 6.45) is 1.14. The highest BCUT2D eigenvalue weighted by molar-refractivity contribution is 14.0. The minimum Gasteiger partial charge on any atom is -0.355 e. The Hall–Kier alpha value is -0.580. The van der Waals surface area contributed by atoms with E-state index in [0.717, 1.165) is 11.8 Å². The molecule has 132 valence electrons. The van der Waals surface area contributed by atoms with Gasteiger partial charge >= 0.3 is 0 Å². The summed E-state index contributed by atoms with van der Waals surface area (Å²) in [7, 11) is -1.61. The van der Waals surface area contributed by atoms with Crippen molar-refractivity contribution in [3.63, 3.8) is 0 Å². The number of hydrogen-bond acceptors (Lipinski definition) is 3. The van der Waals surface area contributed by atoms with Gasteiger partial charge in [-0.15, -0.1) is 24.0 Å². The van der Waals surface area contributed by atoms with E-state index in [4.69, 9.17) is 11.6 Å². The van der Waals surface area contributed by atoms with Crippen LogP contribution in [0.3, 0.4) is 0 Å². The number of sulfonamides is 1. The van der Waals surface area contributed by atoms with Crippen molar-refractivity contribution in [1.82, 2.24) is 15.4 Å².